The SMILES string of the molecule is C=C[C@@H](OC(C)=O)[C@@H](OC(C)=O)[C@H](OC(C)=O)[C@@H](OC(C)=O)[C@H](OC(C)=O)[C@@H](COC(C)=O)OC(C)=O. The van der Waals surface area contributed by atoms with Crippen LogP contribution < -0.4 is 0 Å². The molecule has 0 aliphatic carbocycles. The van der Waals surface area contributed by atoms with Crippen LogP contribution in [0.3, 0.4) is 0 Å². The second-order valence-corrected chi connectivity index (χ2v) is 7.56. The summed E-state index contributed by atoms with van der Waals surface area (Å²) in [5.74, 6) is -6.39. The Hall–Kier alpha value is -3.97. The second kappa shape index (κ2) is 15.9. The van der Waals surface area contributed by atoms with Crippen LogP contribution in [0.2, 0.25) is 0 Å². The van der Waals surface area contributed by atoms with Crippen LogP contribution in [0.1, 0.15) is 48.5 Å². The van der Waals surface area contributed by atoms with E-state index >= 15 is 0 Å². The monoisotopic (exact) mass is 532 g/mol. The predicted octanol–water partition coefficient (Wildman–Crippen LogP) is 0.326. The molecule has 0 saturated carbocycles. The Morgan fingerprint density at radius 1 is 0.514 bits per heavy atom. The number of ether oxygens (including phenoxy) is 7. The zero-order valence-corrected chi connectivity index (χ0v) is 21.7. The van der Waals surface area contributed by atoms with E-state index in [9.17, 15) is 33.6 Å². The molecule has 0 aliphatic heterocycles. The van der Waals surface area contributed by atoms with E-state index in [1.807, 2.05) is 0 Å². The molecule has 0 unspecified atom stereocenters. The maximum Gasteiger partial charge on any atom is 0.303 e. The van der Waals surface area contributed by atoms with Gasteiger partial charge in [0.05, 0.1) is 0 Å². The molecule has 0 rings (SSSR count). The Kier molecular flexibility index (Phi) is 14.2. The molecule has 0 amide bonds. The van der Waals surface area contributed by atoms with Crippen molar-refractivity contribution in [1.29, 1.82) is 0 Å². The third-order valence-corrected chi connectivity index (χ3v) is 4.17. The third-order valence-electron chi connectivity index (χ3n) is 4.17. The van der Waals surface area contributed by atoms with Gasteiger partial charge >= 0.3 is 41.8 Å². The summed E-state index contributed by atoms with van der Waals surface area (Å²) in [4.78, 5) is 83.0. The van der Waals surface area contributed by atoms with E-state index in [0.717, 1.165) is 54.5 Å². The molecule has 0 radical (unpaired) electrons. The molecule has 37 heavy (non-hydrogen) atoms. The van der Waals surface area contributed by atoms with Crippen LogP contribution in [0.15, 0.2) is 12.7 Å². The van der Waals surface area contributed by atoms with Crippen molar-refractivity contribution in [2.45, 2.75) is 85.1 Å². The normalized spacial score (nSPS) is 15.2. The van der Waals surface area contributed by atoms with E-state index in [-0.39, 0.29) is 0 Å². The van der Waals surface area contributed by atoms with Crippen LogP contribution in [0.25, 0.3) is 0 Å². The molecule has 0 N–H and O–H groups in total. The van der Waals surface area contributed by atoms with Crippen molar-refractivity contribution in [2.75, 3.05) is 6.61 Å². The Morgan fingerprint density at radius 3 is 1.22 bits per heavy atom. The molecule has 0 fully saturated rings. The summed E-state index contributed by atoms with van der Waals surface area (Å²) in [6, 6.07) is 0. The highest BCUT2D eigenvalue weighted by molar-refractivity contribution is 5.70. The van der Waals surface area contributed by atoms with Gasteiger partial charge in [-0.2, -0.15) is 0 Å². The van der Waals surface area contributed by atoms with Crippen molar-refractivity contribution in [1.82, 2.24) is 0 Å². The molecule has 0 aromatic carbocycles. The van der Waals surface area contributed by atoms with Crippen LogP contribution in [0.4, 0.5) is 0 Å². The number of hydrogen-bond donors (Lipinski definition) is 0. The fraction of sp³-hybridized carbons (Fsp3) is 0.609. The summed E-state index contributed by atoms with van der Waals surface area (Å²) < 4.78 is 36.3. The predicted molar refractivity (Wildman–Crippen MR) is 120 cm³/mol. The Labute approximate surface area is 213 Å². The summed E-state index contributed by atoms with van der Waals surface area (Å²) >= 11 is 0. The largest absolute Gasteiger partial charge is 0.462 e. The van der Waals surface area contributed by atoms with Gasteiger partial charge in [0, 0.05) is 48.5 Å². The van der Waals surface area contributed by atoms with E-state index in [4.69, 9.17) is 33.2 Å². The summed E-state index contributed by atoms with van der Waals surface area (Å²) in [7, 11) is 0. The van der Waals surface area contributed by atoms with E-state index in [2.05, 4.69) is 6.58 Å². The zero-order valence-electron chi connectivity index (χ0n) is 21.7. The van der Waals surface area contributed by atoms with Crippen LogP contribution in [-0.4, -0.2) is 85.0 Å². The average molecular weight is 532 g/mol. The third kappa shape index (κ3) is 13.1. The zero-order chi connectivity index (χ0) is 28.9. The fourth-order valence-corrected chi connectivity index (χ4v) is 3.13. The number of rotatable bonds is 14. The van der Waals surface area contributed by atoms with Crippen molar-refractivity contribution < 1.29 is 66.7 Å². The second-order valence-electron chi connectivity index (χ2n) is 7.56. The molecular weight excluding hydrogens is 500 g/mol. The van der Waals surface area contributed by atoms with Gasteiger partial charge in [-0.1, -0.05) is 6.58 Å². The first-order valence-electron chi connectivity index (χ1n) is 10.9. The minimum Gasteiger partial charge on any atom is -0.462 e. The van der Waals surface area contributed by atoms with Gasteiger partial charge in [-0.05, 0) is 6.08 Å². The summed E-state index contributed by atoms with van der Waals surface area (Å²) in [6.45, 7) is 9.86. The van der Waals surface area contributed by atoms with Gasteiger partial charge in [0.1, 0.15) is 6.61 Å². The van der Waals surface area contributed by atoms with E-state index < -0.39 is 85.0 Å². The lowest BCUT2D eigenvalue weighted by Crippen LogP contribution is -2.59. The van der Waals surface area contributed by atoms with Gasteiger partial charge in [0.2, 0.25) is 0 Å². The lowest BCUT2D eigenvalue weighted by Gasteiger charge is -2.39. The van der Waals surface area contributed by atoms with Crippen LogP contribution >= 0.6 is 0 Å². The van der Waals surface area contributed by atoms with Gasteiger partial charge in [-0.15, -0.1) is 0 Å². The molecule has 0 aliphatic rings. The van der Waals surface area contributed by atoms with E-state index in [1.54, 1.807) is 0 Å². The molecule has 6 atom stereocenters. The van der Waals surface area contributed by atoms with Crippen LogP contribution in [-0.2, 0) is 66.7 Å². The molecule has 0 saturated heterocycles. The standard InChI is InChI=1S/C23H32O14/c1-9-18(32-12(3)25)20(34-14(5)27)22(36-16(7)29)23(37-17(8)30)21(35-15(6)28)19(33-13(4)26)10-31-11(2)24/h9,18-23H,1,10H2,2-8H3/t18-,19-,20-,21-,22+,23+/m1/s1. The van der Waals surface area contributed by atoms with Crippen LogP contribution in [0, 0.1) is 0 Å². The van der Waals surface area contributed by atoms with Gasteiger partial charge in [0.25, 0.3) is 0 Å². The molecule has 0 aromatic heterocycles. The van der Waals surface area contributed by atoms with Gasteiger partial charge < -0.3 is 33.2 Å². The van der Waals surface area contributed by atoms with E-state index in [0.29, 0.717) is 0 Å². The molecular formula is C23H32O14. The highest BCUT2D eigenvalue weighted by Gasteiger charge is 2.50. The first-order chi connectivity index (χ1) is 17.1. The summed E-state index contributed by atoms with van der Waals surface area (Å²) in [5, 5.41) is 0. The molecule has 14 nitrogen and oxygen atoms in total. The Bertz CT molecular complexity index is 879. The van der Waals surface area contributed by atoms with Crippen molar-refractivity contribution in [3.63, 3.8) is 0 Å². The number of carbonyl (C=O) groups is 7. The van der Waals surface area contributed by atoms with Crippen LogP contribution in [0.5, 0.6) is 0 Å². The minimum atomic E-state index is -1.85. The smallest absolute Gasteiger partial charge is 0.303 e. The summed E-state index contributed by atoms with van der Waals surface area (Å²) in [5.41, 5.74) is 0. The van der Waals surface area contributed by atoms with Gasteiger partial charge in [-0.3, -0.25) is 33.6 Å². The lowest BCUT2D eigenvalue weighted by molar-refractivity contribution is -0.219. The first kappa shape index (κ1) is 33.0. The van der Waals surface area contributed by atoms with Gasteiger partial charge in [0.15, 0.2) is 36.6 Å². The maximum atomic E-state index is 12.1. The number of carbonyl (C=O) groups excluding carboxylic acids is 7. The Balaban J connectivity index is 7.08. The van der Waals surface area contributed by atoms with Gasteiger partial charge in [-0.25, -0.2) is 0 Å². The molecule has 208 valence electrons. The molecule has 0 spiro atoms. The molecule has 0 aromatic rings. The number of hydrogen-bond acceptors (Lipinski definition) is 14. The first-order valence-corrected chi connectivity index (χ1v) is 10.9. The maximum absolute atomic E-state index is 12.1. The molecule has 0 bridgehead atoms. The lowest BCUT2D eigenvalue weighted by atomic mass is 9.95. The molecule has 14 heteroatoms. The highest BCUT2D eigenvalue weighted by atomic mass is 16.7. The van der Waals surface area contributed by atoms with Crippen molar-refractivity contribution in [3.05, 3.63) is 12.7 Å². The summed E-state index contributed by atoms with van der Waals surface area (Å²) in [6.07, 6.45) is -9.16. The number of esters is 7. The van der Waals surface area contributed by atoms with Crippen molar-refractivity contribution >= 4 is 41.8 Å². The molecule has 0 heterocycles. The van der Waals surface area contributed by atoms with Crippen molar-refractivity contribution in [3.8, 4) is 0 Å². The Morgan fingerprint density at radius 2 is 0.865 bits per heavy atom. The van der Waals surface area contributed by atoms with E-state index in [1.165, 1.54) is 0 Å². The highest BCUT2D eigenvalue weighted by Crippen LogP contribution is 2.26. The van der Waals surface area contributed by atoms with Crippen molar-refractivity contribution in [2.24, 2.45) is 0 Å². The minimum absolute atomic E-state index is 0.676. The average Bonchev–Trinajstić information content (AvgIpc) is 2.73. The quantitative estimate of drug-likeness (QED) is 0.169. The topological polar surface area (TPSA) is 184 Å². The fourth-order valence-electron chi connectivity index (χ4n) is 3.13.